The van der Waals surface area contributed by atoms with Gasteiger partial charge in [-0.15, -0.1) is 11.3 Å². The summed E-state index contributed by atoms with van der Waals surface area (Å²) < 4.78 is 1.64. The number of rotatable bonds is 5. The van der Waals surface area contributed by atoms with E-state index >= 15 is 0 Å². The van der Waals surface area contributed by atoms with Gasteiger partial charge in [-0.05, 0) is 48.4 Å². The molecule has 7 heteroatoms. The number of primary amides is 1. The van der Waals surface area contributed by atoms with Crippen LogP contribution in [0.25, 0.3) is 15.9 Å². The maximum atomic E-state index is 13.9. The monoisotopic (exact) mass is 461 g/mol. The third-order valence-corrected chi connectivity index (χ3v) is 8.27. The zero-order valence-electron chi connectivity index (χ0n) is 17.7. The average molecular weight is 462 g/mol. The number of aryl methyl sites for hydroxylation is 1. The predicted molar refractivity (Wildman–Crippen MR) is 131 cm³/mol. The lowest BCUT2D eigenvalue weighted by Crippen LogP contribution is -2.25. The Morgan fingerprint density at radius 3 is 2.53 bits per heavy atom. The summed E-state index contributed by atoms with van der Waals surface area (Å²) >= 11 is 2.84. The highest BCUT2D eigenvalue weighted by atomic mass is 32.2. The van der Waals surface area contributed by atoms with Gasteiger partial charge < -0.3 is 5.73 Å². The predicted octanol–water partition coefficient (Wildman–Crippen LogP) is 4.89. The van der Waals surface area contributed by atoms with Crippen molar-refractivity contribution in [2.45, 2.75) is 36.6 Å². The number of nitrogens with two attached hydrogens (primary N) is 1. The summed E-state index contributed by atoms with van der Waals surface area (Å²) in [7, 11) is 0. The second-order valence-electron chi connectivity index (χ2n) is 8.21. The molecule has 162 valence electrons. The maximum Gasteiger partial charge on any atom is 0.267 e. The lowest BCUT2D eigenvalue weighted by Gasteiger charge is -2.18. The van der Waals surface area contributed by atoms with E-state index < -0.39 is 11.2 Å². The van der Waals surface area contributed by atoms with Crippen LogP contribution in [0.3, 0.4) is 0 Å². The molecule has 0 saturated heterocycles. The van der Waals surface area contributed by atoms with E-state index in [0.29, 0.717) is 11.1 Å². The van der Waals surface area contributed by atoms with Gasteiger partial charge in [-0.3, -0.25) is 14.2 Å². The van der Waals surface area contributed by atoms with Crippen LogP contribution in [0.4, 0.5) is 0 Å². The van der Waals surface area contributed by atoms with Crippen molar-refractivity contribution >= 4 is 39.2 Å². The maximum absolute atomic E-state index is 13.9. The Labute approximate surface area is 194 Å². The van der Waals surface area contributed by atoms with Gasteiger partial charge >= 0.3 is 0 Å². The summed E-state index contributed by atoms with van der Waals surface area (Å²) in [5.74, 6) is 0.146. The number of thioether (sulfide) groups is 1. The summed E-state index contributed by atoms with van der Waals surface area (Å²) in [6, 6.07) is 18.9. The second kappa shape index (κ2) is 8.56. The van der Waals surface area contributed by atoms with E-state index in [1.165, 1.54) is 16.6 Å². The number of fused-ring (bicyclic) bond motifs is 3. The summed E-state index contributed by atoms with van der Waals surface area (Å²) in [5.41, 5.74) is 8.37. The second-order valence-corrected chi connectivity index (χ2v) is 10.4. The highest BCUT2D eigenvalue weighted by molar-refractivity contribution is 8.00. The molecule has 4 aromatic rings. The SMILES string of the molecule is CC1CCc2c(sc3nc(SC(C(N)=O)c4ccccc4)n(-c4ccccc4)c(=O)c23)C1. The molecular formula is C25H23N3O2S2. The fraction of sp³-hybridized carbons (Fsp3) is 0.240. The van der Waals surface area contributed by atoms with Crippen molar-refractivity contribution in [2.75, 3.05) is 0 Å². The Morgan fingerprint density at radius 1 is 1.16 bits per heavy atom. The minimum atomic E-state index is -0.648. The molecule has 2 aromatic carbocycles. The van der Waals surface area contributed by atoms with Gasteiger partial charge in [0.25, 0.3) is 5.56 Å². The Balaban J connectivity index is 1.72. The first kappa shape index (κ1) is 21.0. The Hall–Kier alpha value is -2.90. The third kappa shape index (κ3) is 3.76. The number of carbonyl (C=O) groups excluding carboxylic acids is 1. The van der Waals surface area contributed by atoms with Gasteiger partial charge in [0.15, 0.2) is 5.16 Å². The van der Waals surface area contributed by atoms with Crippen LogP contribution < -0.4 is 11.3 Å². The van der Waals surface area contributed by atoms with Crippen LogP contribution in [0, 0.1) is 5.92 Å². The first-order valence-electron chi connectivity index (χ1n) is 10.7. The molecule has 0 spiro atoms. The molecule has 0 bridgehead atoms. The molecule has 0 saturated carbocycles. The van der Waals surface area contributed by atoms with Crippen LogP contribution in [0.2, 0.25) is 0 Å². The standard InChI is InChI=1S/C25H23N3O2S2/c1-15-12-13-18-19(14-15)31-23-20(18)24(30)28(17-10-6-3-7-11-17)25(27-23)32-21(22(26)29)16-8-4-2-5-9-16/h2-11,15,21H,12-14H2,1H3,(H2,26,29). The Bertz CT molecular complexity index is 1350. The fourth-order valence-corrected chi connectivity index (χ4v) is 6.77. The van der Waals surface area contributed by atoms with Gasteiger partial charge in [0.05, 0.1) is 11.1 Å². The van der Waals surface area contributed by atoms with Crippen molar-refractivity contribution in [3.8, 4) is 5.69 Å². The highest BCUT2D eigenvalue weighted by Crippen LogP contribution is 2.39. The molecule has 2 heterocycles. The van der Waals surface area contributed by atoms with Crippen LogP contribution in [0.15, 0.2) is 70.6 Å². The minimum Gasteiger partial charge on any atom is -0.368 e. The van der Waals surface area contributed by atoms with Crippen molar-refractivity contribution in [3.63, 3.8) is 0 Å². The third-order valence-electron chi connectivity index (χ3n) is 5.90. The molecule has 0 radical (unpaired) electrons. The van der Waals surface area contributed by atoms with Crippen LogP contribution in [-0.4, -0.2) is 15.5 Å². The van der Waals surface area contributed by atoms with Gasteiger partial charge in [-0.1, -0.05) is 67.2 Å². The molecule has 5 rings (SSSR count). The lowest BCUT2D eigenvalue weighted by atomic mass is 9.89. The number of amides is 1. The molecule has 2 atom stereocenters. The molecule has 1 amide bonds. The van der Waals surface area contributed by atoms with Crippen LogP contribution >= 0.6 is 23.1 Å². The Morgan fingerprint density at radius 2 is 1.84 bits per heavy atom. The molecule has 0 aliphatic heterocycles. The number of nitrogens with zero attached hydrogens (tertiary/aromatic N) is 2. The summed E-state index contributed by atoms with van der Waals surface area (Å²) in [4.78, 5) is 33.2. The largest absolute Gasteiger partial charge is 0.368 e. The number of hydrogen-bond acceptors (Lipinski definition) is 5. The van der Waals surface area contributed by atoms with Crippen molar-refractivity contribution in [3.05, 3.63) is 87.0 Å². The zero-order chi connectivity index (χ0) is 22.2. The first-order valence-corrected chi connectivity index (χ1v) is 12.4. The number of thiophene rings is 1. The summed E-state index contributed by atoms with van der Waals surface area (Å²) in [5, 5.41) is 0.554. The van der Waals surface area contributed by atoms with Crippen LogP contribution in [0.5, 0.6) is 0 Å². The van der Waals surface area contributed by atoms with Gasteiger partial charge in [-0.2, -0.15) is 0 Å². The summed E-state index contributed by atoms with van der Waals surface area (Å²) in [6.07, 6.45) is 2.97. The molecule has 0 fully saturated rings. The van der Waals surface area contributed by atoms with Crippen LogP contribution in [-0.2, 0) is 17.6 Å². The van der Waals surface area contributed by atoms with E-state index in [1.807, 2.05) is 60.7 Å². The minimum absolute atomic E-state index is 0.0768. The van der Waals surface area contributed by atoms with E-state index in [2.05, 4.69) is 6.92 Å². The Kier molecular flexibility index (Phi) is 5.61. The van der Waals surface area contributed by atoms with E-state index in [0.717, 1.165) is 46.3 Å². The molecule has 5 nitrogen and oxygen atoms in total. The quantitative estimate of drug-likeness (QED) is 0.339. The summed E-state index contributed by atoms with van der Waals surface area (Å²) in [6.45, 7) is 2.25. The van der Waals surface area contributed by atoms with Crippen LogP contribution in [0.1, 0.15) is 34.6 Å². The van der Waals surface area contributed by atoms with Gasteiger partial charge in [0, 0.05) is 4.88 Å². The number of hydrogen-bond donors (Lipinski definition) is 1. The van der Waals surface area contributed by atoms with Gasteiger partial charge in [-0.25, -0.2) is 4.98 Å². The van der Waals surface area contributed by atoms with Crippen molar-refractivity contribution in [1.29, 1.82) is 0 Å². The number of benzene rings is 2. The average Bonchev–Trinajstić information content (AvgIpc) is 3.16. The normalized spacial score (nSPS) is 16.6. The van der Waals surface area contributed by atoms with E-state index in [-0.39, 0.29) is 5.56 Å². The number of aromatic nitrogens is 2. The molecule has 2 aromatic heterocycles. The fourth-order valence-electron chi connectivity index (χ4n) is 4.28. The molecule has 32 heavy (non-hydrogen) atoms. The number of carbonyl (C=O) groups is 1. The number of para-hydroxylation sites is 1. The molecule has 1 aliphatic rings. The molecule has 1 aliphatic carbocycles. The van der Waals surface area contributed by atoms with Gasteiger partial charge in [0.2, 0.25) is 5.91 Å². The molecule has 2 unspecified atom stereocenters. The smallest absolute Gasteiger partial charge is 0.267 e. The van der Waals surface area contributed by atoms with E-state index in [1.54, 1.807) is 15.9 Å². The zero-order valence-corrected chi connectivity index (χ0v) is 19.3. The first-order chi connectivity index (χ1) is 15.5. The van der Waals surface area contributed by atoms with Crippen molar-refractivity contribution < 1.29 is 4.79 Å². The van der Waals surface area contributed by atoms with Crippen molar-refractivity contribution in [2.24, 2.45) is 11.7 Å². The molecule has 2 N–H and O–H groups in total. The van der Waals surface area contributed by atoms with E-state index in [4.69, 9.17) is 10.7 Å². The molecular weight excluding hydrogens is 438 g/mol. The van der Waals surface area contributed by atoms with Crippen molar-refractivity contribution in [1.82, 2.24) is 9.55 Å². The topological polar surface area (TPSA) is 78.0 Å². The lowest BCUT2D eigenvalue weighted by molar-refractivity contribution is -0.117. The highest BCUT2D eigenvalue weighted by Gasteiger charge is 2.27. The van der Waals surface area contributed by atoms with Gasteiger partial charge in [0.1, 0.15) is 10.1 Å². The van der Waals surface area contributed by atoms with E-state index in [9.17, 15) is 9.59 Å².